The summed E-state index contributed by atoms with van der Waals surface area (Å²) in [4.78, 5) is 4.44. The second-order valence-electron chi connectivity index (χ2n) is 4.43. The lowest BCUT2D eigenvalue weighted by Crippen LogP contribution is -1.80. The standard InChI is InChI=1S/C17H11NO/c1-2-6-12(7-3-1)13-10-11-18-16-14-8-4-5-9-15(14)19-17(13)16/h1-11H/i2D. The highest BCUT2D eigenvalue weighted by Crippen LogP contribution is 2.33. The van der Waals surface area contributed by atoms with Crippen molar-refractivity contribution in [2.75, 3.05) is 0 Å². The highest BCUT2D eigenvalue weighted by atomic mass is 16.3. The molecule has 0 saturated heterocycles. The number of furan rings is 1. The van der Waals surface area contributed by atoms with Crippen LogP contribution in [0.5, 0.6) is 0 Å². The SMILES string of the molecule is [2H]c1cccc(-c2ccnc3c2oc2ccccc23)c1. The van der Waals surface area contributed by atoms with Gasteiger partial charge in [0.25, 0.3) is 0 Å². The lowest BCUT2D eigenvalue weighted by Gasteiger charge is -2.01. The van der Waals surface area contributed by atoms with E-state index in [-0.39, 0.29) is 0 Å². The third kappa shape index (κ3) is 1.54. The molecule has 0 radical (unpaired) electrons. The Morgan fingerprint density at radius 3 is 2.79 bits per heavy atom. The Morgan fingerprint density at radius 1 is 0.947 bits per heavy atom. The van der Waals surface area contributed by atoms with Gasteiger partial charge in [-0.2, -0.15) is 0 Å². The molecule has 0 aliphatic carbocycles. The van der Waals surface area contributed by atoms with Gasteiger partial charge in [-0.25, -0.2) is 0 Å². The summed E-state index contributed by atoms with van der Waals surface area (Å²) < 4.78 is 13.7. The molecule has 0 spiro atoms. The normalized spacial score (nSPS) is 11.9. The van der Waals surface area contributed by atoms with Gasteiger partial charge >= 0.3 is 0 Å². The van der Waals surface area contributed by atoms with Crippen LogP contribution in [0.15, 0.2) is 71.3 Å². The van der Waals surface area contributed by atoms with Crippen LogP contribution in [0.1, 0.15) is 1.37 Å². The molecule has 19 heavy (non-hydrogen) atoms. The molecule has 0 fully saturated rings. The van der Waals surface area contributed by atoms with Gasteiger partial charge in [0.2, 0.25) is 0 Å². The minimum atomic E-state index is 0.489. The molecule has 90 valence electrons. The largest absolute Gasteiger partial charge is 0.454 e. The van der Waals surface area contributed by atoms with E-state index in [0.29, 0.717) is 6.04 Å². The first-order valence-electron chi connectivity index (χ1n) is 6.66. The molecule has 0 unspecified atom stereocenters. The maximum absolute atomic E-state index is 7.75. The first-order valence-corrected chi connectivity index (χ1v) is 6.16. The van der Waals surface area contributed by atoms with Gasteiger partial charge < -0.3 is 4.42 Å². The van der Waals surface area contributed by atoms with Crippen LogP contribution in [0.25, 0.3) is 33.2 Å². The number of benzene rings is 2. The Kier molecular flexibility index (Phi) is 1.94. The Bertz CT molecular complexity index is 926. The highest BCUT2D eigenvalue weighted by molar-refractivity contribution is 6.07. The van der Waals surface area contributed by atoms with Gasteiger partial charge in [0.15, 0.2) is 5.58 Å². The van der Waals surface area contributed by atoms with E-state index < -0.39 is 0 Å². The zero-order chi connectivity index (χ0) is 13.5. The molecule has 2 heteroatoms. The maximum Gasteiger partial charge on any atom is 0.161 e. The predicted octanol–water partition coefficient (Wildman–Crippen LogP) is 4.65. The van der Waals surface area contributed by atoms with E-state index in [0.717, 1.165) is 33.2 Å². The van der Waals surface area contributed by atoms with E-state index in [4.69, 9.17) is 5.79 Å². The van der Waals surface area contributed by atoms with Crippen molar-refractivity contribution < 1.29 is 5.79 Å². The van der Waals surface area contributed by atoms with Crippen molar-refractivity contribution >= 4 is 22.1 Å². The van der Waals surface area contributed by atoms with Gasteiger partial charge in [-0.05, 0) is 23.8 Å². The zero-order valence-corrected chi connectivity index (χ0v) is 10.1. The number of aromatic nitrogens is 1. The van der Waals surface area contributed by atoms with E-state index in [1.807, 2.05) is 48.5 Å². The Morgan fingerprint density at radius 2 is 1.84 bits per heavy atom. The van der Waals surface area contributed by atoms with E-state index in [1.54, 1.807) is 12.3 Å². The van der Waals surface area contributed by atoms with Crippen molar-refractivity contribution in [2.45, 2.75) is 0 Å². The third-order valence-electron chi connectivity index (χ3n) is 3.28. The van der Waals surface area contributed by atoms with Crippen molar-refractivity contribution in [3.8, 4) is 11.1 Å². The molecule has 0 bridgehead atoms. The highest BCUT2D eigenvalue weighted by Gasteiger charge is 2.12. The average Bonchev–Trinajstić information content (AvgIpc) is 2.86. The van der Waals surface area contributed by atoms with Crippen LogP contribution < -0.4 is 0 Å². The summed E-state index contributed by atoms with van der Waals surface area (Å²) >= 11 is 0. The van der Waals surface area contributed by atoms with Crippen LogP contribution in [0.3, 0.4) is 0 Å². The first-order chi connectivity index (χ1) is 9.83. The van der Waals surface area contributed by atoms with Crippen LogP contribution in [0.2, 0.25) is 0 Å². The molecule has 0 aliphatic rings. The molecule has 0 amide bonds. The van der Waals surface area contributed by atoms with Gasteiger partial charge in [0.1, 0.15) is 11.1 Å². The van der Waals surface area contributed by atoms with Crippen LogP contribution in [0.4, 0.5) is 0 Å². The molecule has 2 nitrogen and oxygen atoms in total. The van der Waals surface area contributed by atoms with Crippen LogP contribution in [-0.2, 0) is 0 Å². The number of fused-ring (bicyclic) bond motifs is 3. The van der Waals surface area contributed by atoms with Crippen molar-refractivity contribution in [2.24, 2.45) is 0 Å². The second kappa shape index (κ2) is 3.95. The topological polar surface area (TPSA) is 26.0 Å². The second-order valence-corrected chi connectivity index (χ2v) is 4.43. The van der Waals surface area contributed by atoms with Gasteiger partial charge in [0.05, 0.1) is 1.37 Å². The van der Waals surface area contributed by atoms with Crippen molar-refractivity contribution in [3.05, 3.63) is 66.8 Å². The first kappa shape index (κ1) is 9.34. The van der Waals surface area contributed by atoms with E-state index in [1.165, 1.54) is 0 Å². The lowest BCUT2D eigenvalue weighted by molar-refractivity contribution is 0.669. The fourth-order valence-electron chi connectivity index (χ4n) is 2.39. The van der Waals surface area contributed by atoms with Crippen molar-refractivity contribution in [1.82, 2.24) is 4.98 Å². The van der Waals surface area contributed by atoms with Crippen molar-refractivity contribution in [1.29, 1.82) is 0 Å². The summed E-state index contributed by atoms with van der Waals surface area (Å²) in [5, 5.41) is 1.02. The Labute approximate surface area is 111 Å². The van der Waals surface area contributed by atoms with Gasteiger partial charge in [-0.1, -0.05) is 42.4 Å². The van der Waals surface area contributed by atoms with Crippen LogP contribution in [-0.4, -0.2) is 4.98 Å². The molecule has 0 aliphatic heterocycles. The van der Waals surface area contributed by atoms with Gasteiger partial charge in [0, 0.05) is 17.1 Å². The lowest BCUT2D eigenvalue weighted by atomic mass is 10.1. The minimum absolute atomic E-state index is 0.489. The number of nitrogens with zero attached hydrogens (tertiary/aromatic N) is 1. The van der Waals surface area contributed by atoms with E-state index in [9.17, 15) is 0 Å². The Hall–Kier alpha value is -2.61. The zero-order valence-electron chi connectivity index (χ0n) is 11.1. The van der Waals surface area contributed by atoms with Crippen LogP contribution >= 0.6 is 0 Å². The molecule has 2 heterocycles. The molecule has 4 aromatic rings. The summed E-state index contributed by atoms with van der Waals surface area (Å²) in [6.45, 7) is 0. The van der Waals surface area contributed by atoms with E-state index >= 15 is 0 Å². The number of hydrogen-bond donors (Lipinski definition) is 0. The molecule has 0 atom stereocenters. The molecule has 4 rings (SSSR count). The molecular formula is C17H11NO. The van der Waals surface area contributed by atoms with Gasteiger partial charge in [-0.15, -0.1) is 0 Å². The number of hydrogen-bond acceptors (Lipinski definition) is 2. The smallest absolute Gasteiger partial charge is 0.161 e. The Balaban J connectivity index is 2.10. The molecule has 0 N–H and O–H groups in total. The third-order valence-corrected chi connectivity index (χ3v) is 3.28. The maximum atomic E-state index is 7.75. The van der Waals surface area contributed by atoms with E-state index in [2.05, 4.69) is 4.98 Å². The minimum Gasteiger partial charge on any atom is -0.454 e. The molecule has 0 saturated carbocycles. The van der Waals surface area contributed by atoms with Crippen molar-refractivity contribution in [3.63, 3.8) is 0 Å². The van der Waals surface area contributed by atoms with Crippen LogP contribution in [0, 0.1) is 0 Å². The number of pyridine rings is 1. The monoisotopic (exact) mass is 246 g/mol. The summed E-state index contributed by atoms with van der Waals surface area (Å²) in [7, 11) is 0. The molecule has 2 aromatic carbocycles. The number of para-hydroxylation sites is 1. The summed E-state index contributed by atoms with van der Waals surface area (Å²) in [6.07, 6.45) is 1.79. The molecule has 2 aromatic heterocycles. The predicted molar refractivity (Wildman–Crippen MR) is 77.0 cm³/mol. The fraction of sp³-hybridized carbons (Fsp3) is 0. The summed E-state index contributed by atoms with van der Waals surface area (Å²) in [6, 6.07) is 17.8. The van der Waals surface area contributed by atoms with Gasteiger partial charge in [-0.3, -0.25) is 4.98 Å². The molecular weight excluding hydrogens is 234 g/mol. The quantitative estimate of drug-likeness (QED) is 0.488. The summed E-state index contributed by atoms with van der Waals surface area (Å²) in [5.41, 5.74) is 4.43. The summed E-state index contributed by atoms with van der Waals surface area (Å²) in [5.74, 6) is 0. The fourth-order valence-corrected chi connectivity index (χ4v) is 2.39. The number of rotatable bonds is 1. The average molecular weight is 246 g/mol.